The van der Waals surface area contributed by atoms with Crippen molar-refractivity contribution in [3.8, 4) is 0 Å². The van der Waals surface area contributed by atoms with Gasteiger partial charge in [-0.15, -0.1) is 0 Å². The molecule has 3 atom stereocenters. The van der Waals surface area contributed by atoms with E-state index in [1.807, 2.05) is 12.2 Å². The fraction of sp³-hybridized carbons (Fsp3) is 0.682. The number of carbonyl (C=O) groups excluding carboxylic acids is 3. The number of carbonyl (C=O) groups is 3. The molecule has 0 aromatic heterocycles. The van der Waals surface area contributed by atoms with Crippen molar-refractivity contribution >= 4 is 25.7 Å². The molecule has 0 saturated carbocycles. The van der Waals surface area contributed by atoms with E-state index in [1.54, 1.807) is 0 Å². The predicted molar refractivity (Wildman–Crippen MR) is 325 cm³/mol. The van der Waals surface area contributed by atoms with Crippen LogP contribution < -0.4 is 0 Å². The number of allylic oxidation sites excluding steroid dienone is 18. The highest BCUT2D eigenvalue weighted by Gasteiger charge is 2.28. The van der Waals surface area contributed by atoms with E-state index in [0.29, 0.717) is 25.7 Å². The van der Waals surface area contributed by atoms with E-state index in [0.717, 1.165) is 103 Å². The smallest absolute Gasteiger partial charge is 0.462 e. The van der Waals surface area contributed by atoms with Crippen molar-refractivity contribution in [3.63, 3.8) is 0 Å². The molecule has 0 rings (SSSR count). The van der Waals surface area contributed by atoms with Crippen molar-refractivity contribution in [2.45, 2.75) is 264 Å². The van der Waals surface area contributed by atoms with E-state index >= 15 is 0 Å². The molecule has 0 aromatic rings. The molecule has 0 aliphatic heterocycles. The summed E-state index contributed by atoms with van der Waals surface area (Å²) in [4.78, 5) is 48.6. The van der Waals surface area contributed by atoms with Gasteiger partial charge >= 0.3 is 25.7 Å². The Balaban J connectivity index is 4.83. The summed E-state index contributed by atoms with van der Waals surface area (Å²) in [5.41, 5.74) is 0. The van der Waals surface area contributed by atoms with Crippen LogP contribution in [0, 0.1) is 0 Å². The van der Waals surface area contributed by atoms with Gasteiger partial charge in [0.1, 0.15) is 12.7 Å². The van der Waals surface area contributed by atoms with E-state index in [9.17, 15) is 28.9 Å². The van der Waals surface area contributed by atoms with Crippen molar-refractivity contribution in [1.82, 2.24) is 0 Å². The summed E-state index contributed by atoms with van der Waals surface area (Å²) in [6.45, 7) is 4.41. The molecule has 0 amide bonds. The van der Waals surface area contributed by atoms with Crippen molar-refractivity contribution in [1.29, 1.82) is 0 Å². The SMILES string of the molecule is CC/C=C\C/C=C\C/C=C\C/C=C\C/C=C\C/C=C\CCC(=O)OC(COC(=O)CCCCCCC/C=C\C/C=C\CCCCC)COP(=O)(O)OCC(CO)OC(=O)CCCCCCCCC/C=C\CCCCCCCC. The van der Waals surface area contributed by atoms with Gasteiger partial charge in [-0.2, -0.15) is 0 Å². The third-order valence-electron chi connectivity index (χ3n) is 12.7. The molecule has 0 radical (unpaired) electrons. The topological polar surface area (TPSA) is 155 Å². The van der Waals surface area contributed by atoms with Gasteiger partial charge in [-0.3, -0.25) is 23.4 Å². The number of ether oxygens (including phenoxy) is 3. The Morgan fingerprint density at radius 2 is 0.692 bits per heavy atom. The standard InChI is InChI=1S/C66H111O11P/c1-4-7-10-13-16-19-22-25-28-30-31-33-36-39-42-45-48-51-54-57-66(70)77-63(59-73-64(68)55-52-49-46-43-40-37-34-27-24-21-18-15-12-9-6-3)61-75-78(71,72)74-60-62(58-67)76-65(69)56-53-50-47-44-41-38-35-32-29-26-23-20-17-14-11-8-5-2/h7,10,16,18-19,21,25-29,31,33-34,39,42,48,51,62-63,67H,4-6,8-9,11-15,17,20,22-24,30,32,35-38,40-41,43-47,49-50,52-61H2,1-3H3,(H,71,72)/b10-7-,19-16-,21-18-,28-25-,29-26-,33-31-,34-27-,42-39-,51-48-. The fourth-order valence-electron chi connectivity index (χ4n) is 7.99. The van der Waals surface area contributed by atoms with Crippen molar-refractivity contribution < 1.29 is 52.2 Å². The molecule has 0 aromatic carbocycles. The van der Waals surface area contributed by atoms with Crippen LogP contribution in [0.5, 0.6) is 0 Å². The molecule has 446 valence electrons. The Morgan fingerprint density at radius 3 is 1.14 bits per heavy atom. The van der Waals surface area contributed by atoms with Gasteiger partial charge < -0.3 is 24.2 Å². The van der Waals surface area contributed by atoms with Gasteiger partial charge in [-0.05, 0) is 116 Å². The highest BCUT2D eigenvalue weighted by atomic mass is 31.2. The molecule has 0 aliphatic rings. The highest BCUT2D eigenvalue weighted by molar-refractivity contribution is 7.47. The molecule has 0 heterocycles. The summed E-state index contributed by atoms with van der Waals surface area (Å²) in [7, 11) is -4.78. The van der Waals surface area contributed by atoms with Crippen LogP contribution in [0.25, 0.3) is 0 Å². The average molecular weight is 1110 g/mol. The first-order valence-corrected chi connectivity index (χ1v) is 32.3. The van der Waals surface area contributed by atoms with Crippen molar-refractivity contribution in [2.24, 2.45) is 0 Å². The normalized spacial score (nSPS) is 14.1. The molecular weight excluding hydrogens is 1000 g/mol. The van der Waals surface area contributed by atoms with Gasteiger partial charge in [-0.25, -0.2) is 4.57 Å². The van der Waals surface area contributed by atoms with Gasteiger partial charge in [0, 0.05) is 19.3 Å². The zero-order valence-electron chi connectivity index (χ0n) is 49.3. The van der Waals surface area contributed by atoms with Gasteiger partial charge in [0.15, 0.2) is 6.10 Å². The maximum atomic E-state index is 12.9. The molecule has 11 nitrogen and oxygen atoms in total. The second-order valence-electron chi connectivity index (χ2n) is 20.1. The van der Waals surface area contributed by atoms with Crippen molar-refractivity contribution in [3.05, 3.63) is 109 Å². The minimum absolute atomic E-state index is 0.0346. The van der Waals surface area contributed by atoms with E-state index in [4.69, 9.17) is 23.3 Å². The lowest BCUT2D eigenvalue weighted by Gasteiger charge is -2.21. The van der Waals surface area contributed by atoms with Crippen LogP contribution in [-0.4, -0.2) is 66.5 Å². The number of hydrogen-bond donors (Lipinski definition) is 2. The van der Waals surface area contributed by atoms with E-state index in [-0.39, 0.29) is 25.9 Å². The minimum atomic E-state index is -4.78. The van der Waals surface area contributed by atoms with Crippen LogP contribution in [-0.2, 0) is 42.2 Å². The molecule has 0 bridgehead atoms. The monoisotopic (exact) mass is 1110 g/mol. The number of phosphoric acid groups is 1. The van der Waals surface area contributed by atoms with Crippen LogP contribution in [0.3, 0.4) is 0 Å². The van der Waals surface area contributed by atoms with Gasteiger partial charge in [-0.1, -0.05) is 226 Å². The molecule has 0 spiro atoms. The van der Waals surface area contributed by atoms with Crippen LogP contribution in [0.4, 0.5) is 0 Å². The molecule has 3 unspecified atom stereocenters. The number of aliphatic hydroxyl groups is 1. The number of esters is 3. The number of hydrogen-bond acceptors (Lipinski definition) is 10. The Morgan fingerprint density at radius 1 is 0.372 bits per heavy atom. The first-order valence-electron chi connectivity index (χ1n) is 30.8. The molecule has 0 aliphatic carbocycles. The lowest BCUT2D eigenvalue weighted by atomic mass is 10.1. The largest absolute Gasteiger partial charge is 0.472 e. The average Bonchev–Trinajstić information content (AvgIpc) is 3.43. The lowest BCUT2D eigenvalue weighted by molar-refractivity contribution is -0.161. The summed E-state index contributed by atoms with van der Waals surface area (Å²) < 4.78 is 39.5. The quantitative estimate of drug-likeness (QED) is 0.0197. The Bertz CT molecular complexity index is 1720. The molecule has 0 saturated heterocycles. The zero-order chi connectivity index (χ0) is 56.9. The van der Waals surface area contributed by atoms with E-state index in [1.165, 1.54) is 83.5 Å². The third-order valence-corrected chi connectivity index (χ3v) is 13.6. The Hall–Kier alpha value is -3.86. The minimum Gasteiger partial charge on any atom is -0.462 e. The molecule has 0 fully saturated rings. The number of unbranched alkanes of at least 4 members (excludes halogenated alkanes) is 21. The summed E-state index contributed by atoms with van der Waals surface area (Å²) in [6.07, 6.45) is 72.0. The summed E-state index contributed by atoms with van der Waals surface area (Å²) >= 11 is 0. The van der Waals surface area contributed by atoms with Crippen LogP contribution >= 0.6 is 7.82 Å². The van der Waals surface area contributed by atoms with E-state index in [2.05, 4.69) is 118 Å². The number of phosphoric ester groups is 1. The summed E-state index contributed by atoms with van der Waals surface area (Å²) in [5.74, 6) is -1.59. The molecule has 2 N–H and O–H groups in total. The van der Waals surface area contributed by atoms with Crippen LogP contribution in [0.1, 0.15) is 252 Å². The van der Waals surface area contributed by atoms with Crippen molar-refractivity contribution in [2.75, 3.05) is 26.4 Å². The first kappa shape index (κ1) is 74.1. The van der Waals surface area contributed by atoms with E-state index < -0.39 is 57.8 Å². The molecule has 12 heteroatoms. The highest BCUT2D eigenvalue weighted by Crippen LogP contribution is 2.43. The summed E-state index contributed by atoms with van der Waals surface area (Å²) in [6, 6.07) is 0. The predicted octanol–water partition coefficient (Wildman–Crippen LogP) is 18.6. The molecule has 78 heavy (non-hydrogen) atoms. The van der Waals surface area contributed by atoms with Gasteiger partial charge in [0.25, 0.3) is 0 Å². The summed E-state index contributed by atoms with van der Waals surface area (Å²) in [5, 5.41) is 9.84. The fourth-order valence-corrected chi connectivity index (χ4v) is 8.78. The van der Waals surface area contributed by atoms with Crippen LogP contribution in [0.15, 0.2) is 109 Å². The molecular formula is C66H111O11P. The first-order chi connectivity index (χ1) is 38.2. The second-order valence-corrected chi connectivity index (χ2v) is 21.6. The zero-order valence-corrected chi connectivity index (χ0v) is 50.2. The number of aliphatic hydroxyl groups excluding tert-OH is 1. The maximum absolute atomic E-state index is 12.9. The van der Waals surface area contributed by atoms with Crippen LogP contribution in [0.2, 0.25) is 0 Å². The Labute approximate surface area is 475 Å². The maximum Gasteiger partial charge on any atom is 0.472 e. The van der Waals surface area contributed by atoms with Gasteiger partial charge in [0.2, 0.25) is 0 Å². The number of rotatable bonds is 56. The van der Waals surface area contributed by atoms with Gasteiger partial charge in [0.05, 0.1) is 19.8 Å². The second kappa shape index (κ2) is 59.3. The Kier molecular flexibility index (Phi) is 56.3. The third kappa shape index (κ3) is 56.8. The lowest BCUT2D eigenvalue weighted by Crippen LogP contribution is -2.30.